The highest BCUT2D eigenvalue weighted by Crippen LogP contribution is 2.34. The van der Waals surface area contributed by atoms with Gasteiger partial charge in [-0.3, -0.25) is 13.9 Å². The van der Waals surface area contributed by atoms with Gasteiger partial charge in [0.2, 0.25) is 21.8 Å². The van der Waals surface area contributed by atoms with Crippen molar-refractivity contribution in [2.45, 2.75) is 50.7 Å². The molecule has 9 nitrogen and oxygen atoms in total. The summed E-state index contributed by atoms with van der Waals surface area (Å²) < 4.78 is 51.6. The average Bonchev–Trinajstić information content (AvgIpc) is 3.51. The predicted octanol–water partition coefficient (Wildman–Crippen LogP) is 4.31. The first-order valence-corrected chi connectivity index (χ1v) is 16.0. The number of anilines is 1. The van der Waals surface area contributed by atoms with Crippen LogP contribution in [-0.4, -0.2) is 64.2 Å². The van der Waals surface area contributed by atoms with Crippen LogP contribution in [-0.2, 0) is 32.6 Å². The molecule has 3 aromatic carbocycles. The summed E-state index contributed by atoms with van der Waals surface area (Å²) >= 11 is 0. The zero-order chi connectivity index (χ0) is 31.0. The van der Waals surface area contributed by atoms with Gasteiger partial charge in [-0.05, 0) is 48.2 Å². The minimum atomic E-state index is -3.99. The standard InChI is InChI=1S/C32H38FN3O6S/c1-41-27-17-18-28(30(20-27)42-2)36(43(3,39)40)22-31(37)35(21-24-13-15-25(33)16-14-24)29(19-23-9-5-4-6-10-23)32(38)34-26-11-7-8-12-26/h4-6,9-10,13-18,20,26,29H,7-8,11-12,19,21-22H2,1-3H3,(H,34,38)/t29-/m1/s1. The number of methoxy groups -OCH3 is 2. The summed E-state index contributed by atoms with van der Waals surface area (Å²) in [6, 6.07) is 18.6. The number of carbonyl (C=O) groups is 2. The molecule has 1 atom stereocenters. The maximum atomic E-state index is 14.2. The number of rotatable bonds is 13. The van der Waals surface area contributed by atoms with E-state index in [4.69, 9.17) is 9.47 Å². The zero-order valence-electron chi connectivity index (χ0n) is 24.7. The van der Waals surface area contributed by atoms with Gasteiger partial charge in [-0.1, -0.05) is 55.3 Å². The summed E-state index contributed by atoms with van der Waals surface area (Å²) in [5.41, 5.74) is 1.58. The molecule has 0 saturated heterocycles. The number of carbonyl (C=O) groups excluding carboxylic acids is 2. The summed E-state index contributed by atoms with van der Waals surface area (Å²) in [5.74, 6) is -0.710. The smallest absolute Gasteiger partial charge is 0.244 e. The summed E-state index contributed by atoms with van der Waals surface area (Å²) in [4.78, 5) is 29.5. The molecular formula is C32H38FN3O6S. The lowest BCUT2D eigenvalue weighted by atomic mass is 10.0. The molecule has 3 aromatic rings. The van der Waals surface area contributed by atoms with Crippen molar-refractivity contribution < 1.29 is 31.9 Å². The molecule has 0 bridgehead atoms. The van der Waals surface area contributed by atoms with E-state index in [0.29, 0.717) is 11.3 Å². The van der Waals surface area contributed by atoms with Gasteiger partial charge in [0.1, 0.15) is 29.9 Å². The quantitative estimate of drug-likeness (QED) is 0.309. The Balaban J connectivity index is 1.74. The summed E-state index contributed by atoms with van der Waals surface area (Å²) in [5, 5.41) is 3.12. The molecule has 11 heteroatoms. The molecule has 2 amide bonds. The van der Waals surface area contributed by atoms with Crippen molar-refractivity contribution >= 4 is 27.5 Å². The zero-order valence-corrected chi connectivity index (χ0v) is 25.5. The van der Waals surface area contributed by atoms with Gasteiger partial charge in [0.25, 0.3) is 0 Å². The number of nitrogens with zero attached hydrogens (tertiary/aromatic N) is 2. The molecule has 1 N–H and O–H groups in total. The predicted molar refractivity (Wildman–Crippen MR) is 163 cm³/mol. The van der Waals surface area contributed by atoms with Crippen LogP contribution in [0.5, 0.6) is 11.5 Å². The molecule has 1 aliphatic carbocycles. The van der Waals surface area contributed by atoms with Crippen molar-refractivity contribution in [3.63, 3.8) is 0 Å². The molecule has 0 aromatic heterocycles. The van der Waals surface area contributed by atoms with Gasteiger partial charge < -0.3 is 19.7 Å². The number of halogens is 1. The minimum absolute atomic E-state index is 0.00428. The molecule has 0 heterocycles. The van der Waals surface area contributed by atoms with Gasteiger partial charge in [0, 0.05) is 25.1 Å². The fourth-order valence-electron chi connectivity index (χ4n) is 5.29. The average molecular weight is 612 g/mol. The molecule has 1 saturated carbocycles. The molecule has 1 fully saturated rings. The van der Waals surface area contributed by atoms with Crippen LogP contribution in [0.25, 0.3) is 0 Å². The number of sulfonamides is 1. The lowest BCUT2D eigenvalue weighted by Crippen LogP contribution is -2.54. The molecule has 0 radical (unpaired) electrons. The Kier molecular flexibility index (Phi) is 10.6. The van der Waals surface area contributed by atoms with Crippen LogP contribution < -0.4 is 19.1 Å². The van der Waals surface area contributed by atoms with E-state index in [1.165, 1.54) is 43.4 Å². The van der Waals surface area contributed by atoms with E-state index in [1.54, 1.807) is 18.2 Å². The van der Waals surface area contributed by atoms with Gasteiger partial charge in [0.05, 0.1) is 26.2 Å². The van der Waals surface area contributed by atoms with E-state index in [1.807, 2.05) is 30.3 Å². The maximum Gasteiger partial charge on any atom is 0.244 e. The summed E-state index contributed by atoms with van der Waals surface area (Å²) in [7, 11) is -1.12. The van der Waals surface area contributed by atoms with Crippen LogP contribution >= 0.6 is 0 Å². The second kappa shape index (κ2) is 14.4. The number of hydrogen-bond acceptors (Lipinski definition) is 6. The van der Waals surface area contributed by atoms with Crippen molar-refractivity contribution in [3.8, 4) is 11.5 Å². The third-order valence-corrected chi connectivity index (χ3v) is 8.70. The first-order chi connectivity index (χ1) is 20.6. The van der Waals surface area contributed by atoms with Crippen LogP contribution in [0.4, 0.5) is 10.1 Å². The van der Waals surface area contributed by atoms with E-state index >= 15 is 0 Å². The van der Waals surface area contributed by atoms with Gasteiger partial charge >= 0.3 is 0 Å². The van der Waals surface area contributed by atoms with Crippen molar-refractivity contribution in [2.24, 2.45) is 0 Å². The lowest BCUT2D eigenvalue weighted by molar-refractivity contribution is -0.140. The molecule has 0 aliphatic heterocycles. The van der Waals surface area contributed by atoms with E-state index in [-0.39, 0.29) is 36.4 Å². The third-order valence-electron chi connectivity index (χ3n) is 7.57. The van der Waals surface area contributed by atoms with Crippen LogP contribution in [0.2, 0.25) is 0 Å². The topological polar surface area (TPSA) is 105 Å². The molecule has 1 aliphatic rings. The second-order valence-corrected chi connectivity index (χ2v) is 12.6. The third kappa shape index (κ3) is 8.47. The number of nitrogens with one attached hydrogen (secondary N) is 1. The molecule has 4 rings (SSSR count). The Morgan fingerprint density at radius 3 is 2.23 bits per heavy atom. The molecule has 0 unspecified atom stereocenters. The number of benzene rings is 3. The molecular weight excluding hydrogens is 573 g/mol. The van der Waals surface area contributed by atoms with Crippen molar-refractivity contribution in [3.05, 3.63) is 89.7 Å². The van der Waals surface area contributed by atoms with Crippen LogP contribution in [0.3, 0.4) is 0 Å². The molecule has 43 heavy (non-hydrogen) atoms. The van der Waals surface area contributed by atoms with E-state index in [2.05, 4.69) is 5.32 Å². The fourth-order valence-corrected chi connectivity index (χ4v) is 6.15. The highest BCUT2D eigenvalue weighted by molar-refractivity contribution is 7.92. The number of amides is 2. The van der Waals surface area contributed by atoms with Crippen LogP contribution in [0.15, 0.2) is 72.8 Å². The van der Waals surface area contributed by atoms with Crippen LogP contribution in [0, 0.1) is 5.82 Å². The summed E-state index contributed by atoms with van der Waals surface area (Å²) in [6.07, 6.45) is 4.95. The fraction of sp³-hybridized carbons (Fsp3) is 0.375. The lowest BCUT2D eigenvalue weighted by Gasteiger charge is -2.34. The Hall–Kier alpha value is -4.12. The van der Waals surface area contributed by atoms with Gasteiger partial charge in [-0.25, -0.2) is 12.8 Å². The maximum absolute atomic E-state index is 14.2. The monoisotopic (exact) mass is 611 g/mol. The first-order valence-electron chi connectivity index (χ1n) is 14.2. The Morgan fingerprint density at radius 1 is 0.953 bits per heavy atom. The number of ether oxygens (including phenoxy) is 2. The Labute approximate surface area is 252 Å². The SMILES string of the molecule is COc1ccc(N(CC(=O)N(Cc2ccc(F)cc2)[C@H](Cc2ccccc2)C(=O)NC2CCCC2)S(C)(=O)=O)c(OC)c1. The van der Waals surface area contributed by atoms with E-state index in [0.717, 1.165) is 41.8 Å². The van der Waals surface area contributed by atoms with Crippen molar-refractivity contribution in [1.29, 1.82) is 0 Å². The molecule has 230 valence electrons. The molecule has 0 spiro atoms. The first kappa shape index (κ1) is 31.8. The van der Waals surface area contributed by atoms with E-state index in [9.17, 15) is 22.4 Å². The largest absolute Gasteiger partial charge is 0.497 e. The number of hydrogen-bond donors (Lipinski definition) is 1. The highest BCUT2D eigenvalue weighted by Gasteiger charge is 2.35. The van der Waals surface area contributed by atoms with E-state index < -0.39 is 34.3 Å². The Bertz CT molecular complexity index is 1500. The summed E-state index contributed by atoms with van der Waals surface area (Å²) in [6.45, 7) is -0.628. The normalized spacial score (nSPS) is 14.1. The Morgan fingerprint density at radius 2 is 1.63 bits per heavy atom. The second-order valence-electron chi connectivity index (χ2n) is 10.7. The van der Waals surface area contributed by atoms with Gasteiger partial charge in [-0.15, -0.1) is 0 Å². The highest BCUT2D eigenvalue weighted by atomic mass is 32.2. The van der Waals surface area contributed by atoms with Crippen LogP contribution in [0.1, 0.15) is 36.8 Å². The van der Waals surface area contributed by atoms with Gasteiger partial charge in [0.15, 0.2) is 0 Å². The van der Waals surface area contributed by atoms with Crippen molar-refractivity contribution in [2.75, 3.05) is 31.3 Å². The van der Waals surface area contributed by atoms with Crippen molar-refractivity contribution in [1.82, 2.24) is 10.2 Å². The van der Waals surface area contributed by atoms with Gasteiger partial charge in [-0.2, -0.15) is 0 Å². The minimum Gasteiger partial charge on any atom is -0.497 e.